The van der Waals surface area contributed by atoms with Crippen LogP contribution in [0.2, 0.25) is 10.0 Å². The Morgan fingerprint density at radius 2 is 1.85 bits per heavy atom. The average molecular weight is 394 g/mol. The number of nitrogens with zero attached hydrogens (tertiary/aromatic N) is 4. The third-order valence-corrected chi connectivity index (χ3v) is 4.93. The molecule has 0 atom stereocenters. The van der Waals surface area contributed by atoms with Crippen LogP contribution in [0, 0.1) is 0 Å². The number of para-hydroxylation sites is 1. The van der Waals surface area contributed by atoms with Crippen molar-refractivity contribution in [3.63, 3.8) is 0 Å². The van der Waals surface area contributed by atoms with E-state index in [1.807, 2.05) is 43.3 Å². The van der Waals surface area contributed by atoms with Gasteiger partial charge in [-0.05, 0) is 18.2 Å². The van der Waals surface area contributed by atoms with Gasteiger partial charge in [-0.1, -0.05) is 29.3 Å². The monoisotopic (exact) mass is 393 g/mol. The van der Waals surface area contributed by atoms with Crippen molar-refractivity contribution in [2.75, 3.05) is 55.4 Å². The van der Waals surface area contributed by atoms with E-state index < -0.39 is 0 Å². The highest BCUT2D eigenvalue weighted by atomic mass is 35.5. The van der Waals surface area contributed by atoms with Crippen LogP contribution in [-0.2, 0) is 0 Å². The summed E-state index contributed by atoms with van der Waals surface area (Å²) in [6.45, 7) is 2.66. The van der Waals surface area contributed by atoms with Gasteiger partial charge in [0, 0.05) is 52.7 Å². The van der Waals surface area contributed by atoms with E-state index >= 15 is 0 Å². The molecule has 1 aliphatic rings. The van der Waals surface area contributed by atoms with Crippen LogP contribution in [0.5, 0.6) is 0 Å². The van der Waals surface area contributed by atoms with Crippen molar-refractivity contribution in [3.05, 3.63) is 46.7 Å². The lowest BCUT2D eigenvalue weighted by Gasteiger charge is -2.36. The molecule has 0 aliphatic carbocycles. The van der Waals surface area contributed by atoms with Crippen LogP contribution in [0.15, 0.2) is 36.7 Å². The summed E-state index contributed by atoms with van der Waals surface area (Å²) in [7, 11) is 3.79. The Bertz CT molecular complexity index is 791. The molecule has 2 heterocycles. The molecule has 3 rings (SSSR count). The molecule has 1 fully saturated rings. The summed E-state index contributed by atoms with van der Waals surface area (Å²) in [5.74, 6) is 0. The second-order valence-electron chi connectivity index (χ2n) is 6.26. The zero-order chi connectivity index (χ0) is 18.7. The van der Waals surface area contributed by atoms with Gasteiger partial charge >= 0.3 is 6.03 Å². The zero-order valence-electron chi connectivity index (χ0n) is 14.7. The number of carbonyl (C=O) groups is 1. The fourth-order valence-corrected chi connectivity index (χ4v) is 3.62. The van der Waals surface area contributed by atoms with Crippen molar-refractivity contribution < 1.29 is 4.79 Å². The van der Waals surface area contributed by atoms with Crippen LogP contribution >= 0.6 is 23.2 Å². The number of amides is 2. The third-order valence-electron chi connectivity index (χ3n) is 4.33. The Balaban J connectivity index is 1.65. The van der Waals surface area contributed by atoms with Gasteiger partial charge in [0.15, 0.2) is 0 Å². The number of pyridine rings is 1. The molecule has 1 N–H and O–H groups in total. The summed E-state index contributed by atoms with van der Waals surface area (Å²) in [6.07, 6.45) is 3.36. The van der Waals surface area contributed by atoms with E-state index in [1.165, 1.54) is 0 Å². The van der Waals surface area contributed by atoms with Crippen LogP contribution in [0.1, 0.15) is 0 Å². The Kier molecular flexibility index (Phi) is 5.74. The zero-order valence-corrected chi connectivity index (χ0v) is 16.3. The van der Waals surface area contributed by atoms with E-state index in [-0.39, 0.29) is 6.03 Å². The van der Waals surface area contributed by atoms with Gasteiger partial charge in [0.2, 0.25) is 0 Å². The molecule has 26 heavy (non-hydrogen) atoms. The molecule has 2 aromatic rings. The first-order valence-electron chi connectivity index (χ1n) is 8.33. The number of rotatable bonds is 3. The van der Waals surface area contributed by atoms with Crippen molar-refractivity contribution in [1.29, 1.82) is 0 Å². The van der Waals surface area contributed by atoms with E-state index in [2.05, 4.69) is 15.2 Å². The van der Waals surface area contributed by atoms with Crippen molar-refractivity contribution >= 4 is 46.3 Å². The molecule has 0 spiro atoms. The number of benzene rings is 1. The molecule has 0 radical (unpaired) electrons. The summed E-state index contributed by atoms with van der Waals surface area (Å²) >= 11 is 12.5. The molecule has 0 unspecified atom stereocenters. The summed E-state index contributed by atoms with van der Waals surface area (Å²) in [6, 6.07) is 7.26. The highest BCUT2D eigenvalue weighted by Gasteiger charge is 2.23. The van der Waals surface area contributed by atoms with E-state index in [9.17, 15) is 4.79 Å². The maximum atomic E-state index is 12.7. The molecular formula is C18H21Cl2N5O. The third kappa shape index (κ3) is 3.97. The van der Waals surface area contributed by atoms with Gasteiger partial charge in [-0.3, -0.25) is 4.98 Å². The maximum absolute atomic E-state index is 12.7. The minimum absolute atomic E-state index is 0.129. The van der Waals surface area contributed by atoms with Gasteiger partial charge in [-0.15, -0.1) is 0 Å². The van der Waals surface area contributed by atoms with E-state index in [1.54, 1.807) is 17.3 Å². The molecule has 138 valence electrons. The summed E-state index contributed by atoms with van der Waals surface area (Å²) < 4.78 is 0. The number of urea groups is 1. The van der Waals surface area contributed by atoms with Crippen molar-refractivity contribution in [2.45, 2.75) is 0 Å². The first-order chi connectivity index (χ1) is 12.5. The summed E-state index contributed by atoms with van der Waals surface area (Å²) in [4.78, 5) is 22.5. The quantitative estimate of drug-likeness (QED) is 0.860. The topological polar surface area (TPSA) is 51.7 Å². The van der Waals surface area contributed by atoms with Crippen LogP contribution in [0.3, 0.4) is 0 Å². The standard InChI is InChI=1S/C18H21Cl2N5O/c1-23(2)17-13(19)4-3-5-15(17)22-18(26)25-10-8-24(9-11-25)16-6-7-21-12-14(16)20/h3-7,12H,8-11H2,1-2H3,(H,22,26). The number of anilines is 3. The average Bonchev–Trinajstić information content (AvgIpc) is 2.62. The molecule has 0 saturated carbocycles. The predicted molar refractivity (Wildman–Crippen MR) is 108 cm³/mol. The molecule has 2 amide bonds. The molecule has 1 aliphatic heterocycles. The van der Waals surface area contributed by atoms with Gasteiger partial charge in [0.1, 0.15) is 0 Å². The van der Waals surface area contributed by atoms with Gasteiger partial charge in [-0.2, -0.15) is 0 Å². The van der Waals surface area contributed by atoms with Crippen molar-refractivity contribution in [1.82, 2.24) is 9.88 Å². The van der Waals surface area contributed by atoms with E-state index in [4.69, 9.17) is 23.2 Å². The lowest BCUT2D eigenvalue weighted by Crippen LogP contribution is -2.50. The Morgan fingerprint density at radius 3 is 2.50 bits per heavy atom. The molecule has 1 saturated heterocycles. The molecule has 0 bridgehead atoms. The van der Waals surface area contributed by atoms with Crippen molar-refractivity contribution in [2.24, 2.45) is 0 Å². The number of hydrogen-bond acceptors (Lipinski definition) is 4. The predicted octanol–water partition coefficient (Wildman–Crippen LogP) is 3.81. The highest BCUT2D eigenvalue weighted by molar-refractivity contribution is 6.34. The molecule has 6 nitrogen and oxygen atoms in total. The number of piperazine rings is 1. The second kappa shape index (κ2) is 8.01. The van der Waals surface area contributed by atoms with Crippen LogP contribution in [0.25, 0.3) is 0 Å². The van der Waals surface area contributed by atoms with Crippen LogP contribution < -0.4 is 15.1 Å². The second-order valence-corrected chi connectivity index (χ2v) is 7.08. The first-order valence-corrected chi connectivity index (χ1v) is 9.09. The lowest BCUT2D eigenvalue weighted by atomic mass is 10.2. The largest absolute Gasteiger partial charge is 0.375 e. The van der Waals surface area contributed by atoms with Gasteiger partial charge in [-0.25, -0.2) is 4.79 Å². The SMILES string of the molecule is CN(C)c1c(Cl)cccc1NC(=O)N1CCN(c2ccncc2Cl)CC1. The number of carbonyl (C=O) groups excluding carboxylic acids is 1. The highest BCUT2D eigenvalue weighted by Crippen LogP contribution is 2.32. The fraction of sp³-hybridized carbons (Fsp3) is 0.333. The normalized spacial score (nSPS) is 14.3. The van der Waals surface area contributed by atoms with Gasteiger partial charge < -0.3 is 20.0 Å². The van der Waals surface area contributed by atoms with E-state index in [0.717, 1.165) is 11.4 Å². The minimum atomic E-state index is -0.129. The molecular weight excluding hydrogens is 373 g/mol. The van der Waals surface area contributed by atoms with E-state index in [0.29, 0.717) is 41.9 Å². The van der Waals surface area contributed by atoms with Crippen LogP contribution in [0.4, 0.5) is 21.9 Å². The lowest BCUT2D eigenvalue weighted by molar-refractivity contribution is 0.208. The maximum Gasteiger partial charge on any atom is 0.322 e. The minimum Gasteiger partial charge on any atom is -0.375 e. The van der Waals surface area contributed by atoms with Crippen LogP contribution in [-0.4, -0.2) is 56.2 Å². The number of nitrogens with one attached hydrogen (secondary N) is 1. The Hall–Kier alpha value is -2.18. The number of hydrogen-bond donors (Lipinski definition) is 1. The Labute approximate surface area is 163 Å². The molecule has 1 aromatic heterocycles. The molecule has 1 aromatic carbocycles. The van der Waals surface area contributed by atoms with Crippen molar-refractivity contribution in [3.8, 4) is 0 Å². The number of halogens is 2. The smallest absolute Gasteiger partial charge is 0.322 e. The first kappa shape index (κ1) is 18.6. The Morgan fingerprint density at radius 1 is 1.12 bits per heavy atom. The summed E-state index contributed by atoms with van der Waals surface area (Å²) in [5, 5.41) is 4.20. The molecule has 8 heteroatoms. The fourth-order valence-electron chi connectivity index (χ4n) is 3.04. The number of aromatic nitrogens is 1. The van der Waals surface area contributed by atoms with Gasteiger partial charge in [0.05, 0.1) is 27.1 Å². The summed E-state index contributed by atoms with van der Waals surface area (Å²) in [5.41, 5.74) is 2.45. The van der Waals surface area contributed by atoms with Gasteiger partial charge in [0.25, 0.3) is 0 Å².